The molecule has 0 amide bonds. The van der Waals surface area contributed by atoms with Crippen molar-refractivity contribution in [3.63, 3.8) is 0 Å². The van der Waals surface area contributed by atoms with Gasteiger partial charge in [-0.05, 0) is 36.9 Å². The maximum Gasteiger partial charge on any atom is 0.235 e. The molecule has 0 aliphatic rings. The molecule has 27 heavy (non-hydrogen) atoms. The molecule has 0 aliphatic heterocycles. The van der Waals surface area contributed by atoms with E-state index in [0.717, 1.165) is 28.2 Å². The van der Waals surface area contributed by atoms with Crippen LogP contribution in [-0.2, 0) is 6.54 Å². The third kappa shape index (κ3) is 3.74. The first-order chi connectivity index (χ1) is 13.1. The van der Waals surface area contributed by atoms with Gasteiger partial charge in [-0.25, -0.2) is 9.98 Å². The molecule has 0 fully saturated rings. The van der Waals surface area contributed by atoms with Crippen molar-refractivity contribution in [1.29, 1.82) is 0 Å². The second kappa shape index (κ2) is 7.54. The summed E-state index contributed by atoms with van der Waals surface area (Å²) in [6.45, 7) is 2.67. The molecule has 3 aromatic heterocycles. The van der Waals surface area contributed by atoms with E-state index in [1.807, 2.05) is 55.6 Å². The lowest BCUT2D eigenvalue weighted by molar-refractivity contribution is 0.721. The van der Waals surface area contributed by atoms with Crippen LogP contribution < -0.4 is 5.49 Å². The van der Waals surface area contributed by atoms with E-state index < -0.39 is 0 Å². The Balaban J connectivity index is 1.89. The lowest BCUT2D eigenvalue weighted by Crippen LogP contribution is -2.22. The molecule has 0 spiro atoms. The number of fused-ring (bicyclic) bond motifs is 1. The Morgan fingerprint density at radius 3 is 2.67 bits per heavy atom. The molecule has 0 unspecified atom stereocenters. The molecule has 3 heterocycles. The largest absolute Gasteiger partial charge is 0.310 e. The maximum absolute atomic E-state index is 5.90. The van der Waals surface area contributed by atoms with Gasteiger partial charge < -0.3 is 4.57 Å². The molecule has 0 saturated carbocycles. The monoisotopic (exact) mass is 396 g/mol. The van der Waals surface area contributed by atoms with Crippen LogP contribution in [0.2, 0.25) is 5.15 Å². The average molecular weight is 397 g/mol. The number of rotatable bonds is 4. The van der Waals surface area contributed by atoms with E-state index in [0.29, 0.717) is 16.9 Å². The van der Waals surface area contributed by atoms with Gasteiger partial charge in [0.2, 0.25) is 10.9 Å². The minimum absolute atomic E-state index is 0.481. The highest BCUT2D eigenvalue weighted by molar-refractivity contribution is 7.98. The summed E-state index contributed by atoms with van der Waals surface area (Å²) in [6, 6.07) is 15.6. The first kappa shape index (κ1) is 17.8. The van der Waals surface area contributed by atoms with Crippen molar-refractivity contribution in [2.75, 3.05) is 6.26 Å². The molecule has 136 valence electrons. The topological polar surface area (TPSA) is 60.4 Å². The molecule has 4 rings (SSSR count). The standard InChI is InChI=1S/C19H17ClN6S/c1-13-10-17(22-15-6-4-3-5-7-15)26-19(23-18(24-26)27-2)25(13)12-14-8-9-16(20)21-11-14/h3-11H,12H2,1-2H3. The van der Waals surface area contributed by atoms with Crippen molar-refractivity contribution in [3.8, 4) is 0 Å². The number of nitrogens with zero attached hydrogens (tertiary/aromatic N) is 6. The fourth-order valence-corrected chi connectivity index (χ4v) is 3.22. The number of halogens is 1. The highest BCUT2D eigenvalue weighted by Crippen LogP contribution is 2.15. The van der Waals surface area contributed by atoms with Gasteiger partial charge in [0.05, 0.1) is 12.2 Å². The Kier molecular flexibility index (Phi) is 4.96. The Morgan fingerprint density at radius 1 is 1.15 bits per heavy atom. The van der Waals surface area contributed by atoms with Gasteiger partial charge in [-0.15, -0.1) is 5.10 Å². The number of benzene rings is 1. The second-order valence-corrected chi connectivity index (χ2v) is 7.14. The van der Waals surface area contributed by atoms with Gasteiger partial charge in [0, 0.05) is 18.0 Å². The Hall–Kier alpha value is -2.64. The van der Waals surface area contributed by atoms with Gasteiger partial charge in [-0.2, -0.15) is 9.50 Å². The number of hydrogen-bond acceptors (Lipinski definition) is 5. The molecular weight excluding hydrogens is 380 g/mol. The summed E-state index contributed by atoms with van der Waals surface area (Å²) in [5.74, 6) is 0.740. The predicted octanol–water partition coefficient (Wildman–Crippen LogP) is 3.89. The first-order valence-corrected chi connectivity index (χ1v) is 9.96. The quantitative estimate of drug-likeness (QED) is 0.388. The van der Waals surface area contributed by atoms with Crippen LogP contribution >= 0.6 is 23.4 Å². The van der Waals surface area contributed by atoms with Gasteiger partial charge in [0.15, 0.2) is 5.49 Å². The molecule has 0 atom stereocenters. The van der Waals surface area contributed by atoms with E-state index in [9.17, 15) is 0 Å². The zero-order valence-electron chi connectivity index (χ0n) is 14.9. The van der Waals surface area contributed by atoms with Gasteiger partial charge in [-0.1, -0.05) is 47.6 Å². The third-order valence-corrected chi connectivity index (χ3v) is 4.87. The molecule has 0 N–H and O–H groups in total. The summed E-state index contributed by atoms with van der Waals surface area (Å²) in [6.07, 6.45) is 3.74. The summed E-state index contributed by atoms with van der Waals surface area (Å²) in [7, 11) is 0. The zero-order chi connectivity index (χ0) is 18.8. The van der Waals surface area contributed by atoms with E-state index in [1.54, 1.807) is 16.8 Å². The van der Waals surface area contributed by atoms with Crippen LogP contribution in [0, 0.1) is 6.92 Å². The van der Waals surface area contributed by atoms with Crippen LogP contribution in [-0.4, -0.2) is 30.4 Å². The third-order valence-electron chi connectivity index (χ3n) is 4.10. The van der Waals surface area contributed by atoms with Crippen LogP contribution in [0.1, 0.15) is 11.3 Å². The maximum atomic E-state index is 5.90. The van der Waals surface area contributed by atoms with Crippen LogP contribution in [0.5, 0.6) is 0 Å². The van der Waals surface area contributed by atoms with Crippen molar-refractivity contribution in [2.24, 2.45) is 4.99 Å². The Morgan fingerprint density at radius 2 is 1.96 bits per heavy atom. The predicted molar refractivity (Wildman–Crippen MR) is 108 cm³/mol. The second-order valence-electron chi connectivity index (χ2n) is 5.98. The Labute approximate surface area is 165 Å². The number of aromatic nitrogens is 5. The minimum Gasteiger partial charge on any atom is -0.310 e. The minimum atomic E-state index is 0.481. The van der Waals surface area contributed by atoms with Crippen molar-refractivity contribution < 1.29 is 0 Å². The fraction of sp³-hybridized carbons (Fsp3) is 0.158. The van der Waals surface area contributed by atoms with E-state index in [4.69, 9.17) is 16.6 Å². The molecule has 6 nitrogen and oxygen atoms in total. The molecule has 4 aromatic rings. The first-order valence-electron chi connectivity index (χ1n) is 8.35. The van der Waals surface area contributed by atoms with Gasteiger partial charge in [-0.3, -0.25) is 0 Å². The molecule has 0 bridgehead atoms. The lowest BCUT2D eigenvalue weighted by atomic mass is 10.2. The van der Waals surface area contributed by atoms with E-state index in [2.05, 4.69) is 19.6 Å². The average Bonchev–Trinajstić information content (AvgIpc) is 3.12. The van der Waals surface area contributed by atoms with Crippen molar-refractivity contribution in [1.82, 2.24) is 24.1 Å². The SMILES string of the molecule is CSc1nc2n(Cc3ccc(Cl)nc3)c(C)cc(=Nc3ccccc3)n2n1. The number of hydrogen-bond donors (Lipinski definition) is 0. The molecule has 0 radical (unpaired) electrons. The molecule has 8 heteroatoms. The highest BCUT2D eigenvalue weighted by atomic mass is 35.5. The van der Waals surface area contributed by atoms with Crippen LogP contribution in [0.3, 0.4) is 0 Å². The van der Waals surface area contributed by atoms with E-state index >= 15 is 0 Å². The Bertz CT molecular complexity index is 1150. The zero-order valence-corrected chi connectivity index (χ0v) is 16.4. The number of para-hydroxylation sites is 1. The number of aryl methyl sites for hydroxylation is 1. The summed E-state index contributed by atoms with van der Waals surface area (Å²) >= 11 is 7.41. The summed E-state index contributed by atoms with van der Waals surface area (Å²) < 4.78 is 3.89. The van der Waals surface area contributed by atoms with Gasteiger partial charge in [0.1, 0.15) is 5.15 Å². The fourth-order valence-electron chi connectivity index (χ4n) is 2.78. The van der Waals surface area contributed by atoms with E-state index in [1.165, 1.54) is 11.8 Å². The molecule has 0 saturated heterocycles. The van der Waals surface area contributed by atoms with Gasteiger partial charge in [0.25, 0.3) is 0 Å². The van der Waals surface area contributed by atoms with Crippen molar-refractivity contribution in [2.45, 2.75) is 18.6 Å². The van der Waals surface area contributed by atoms with Crippen molar-refractivity contribution >= 4 is 34.8 Å². The van der Waals surface area contributed by atoms with Crippen LogP contribution in [0.15, 0.2) is 64.9 Å². The molecule has 1 aromatic carbocycles. The van der Waals surface area contributed by atoms with Crippen LogP contribution in [0.4, 0.5) is 5.69 Å². The van der Waals surface area contributed by atoms with Gasteiger partial charge >= 0.3 is 0 Å². The smallest absolute Gasteiger partial charge is 0.235 e. The van der Waals surface area contributed by atoms with Crippen LogP contribution in [0.25, 0.3) is 5.78 Å². The normalized spacial score (nSPS) is 12.0. The number of pyridine rings is 1. The summed E-state index contributed by atoms with van der Waals surface area (Å²) in [5.41, 5.74) is 3.69. The highest BCUT2D eigenvalue weighted by Gasteiger charge is 2.12. The van der Waals surface area contributed by atoms with Crippen molar-refractivity contribution in [3.05, 3.63) is 76.6 Å². The van der Waals surface area contributed by atoms with E-state index in [-0.39, 0.29) is 0 Å². The molecular formula is C19H17ClN6S. The summed E-state index contributed by atoms with van der Waals surface area (Å²) in [5, 5.41) is 5.79. The number of thioether (sulfide) groups is 1. The lowest BCUT2D eigenvalue weighted by Gasteiger charge is -2.12. The molecule has 0 aliphatic carbocycles. The summed E-state index contributed by atoms with van der Waals surface area (Å²) in [4.78, 5) is 13.6.